The molecule has 0 atom stereocenters. The fraction of sp³-hybridized carbons (Fsp3) is 0.909. The zero-order chi connectivity index (χ0) is 10.0. The summed E-state index contributed by atoms with van der Waals surface area (Å²) in [6, 6.07) is 0. The smallest absolute Gasteiger partial charge is 0.313 e. The quantitative estimate of drug-likeness (QED) is 0.641. The molecule has 1 heterocycles. The number of esters is 1. The minimum atomic E-state index is -0.119. The second kappa shape index (κ2) is 3.89. The first-order chi connectivity index (χ1) is 6.77. The zero-order valence-electron chi connectivity index (χ0n) is 8.92. The van der Waals surface area contributed by atoms with Gasteiger partial charge in [0.05, 0.1) is 12.5 Å². The predicted octanol–water partition coefficient (Wildman–Crippen LogP) is 1.43. The number of ether oxygens (including phenoxy) is 1. The number of methoxy groups -OCH3 is 1. The van der Waals surface area contributed by atoms with Crippen molar-refractivity contribution in [3.63, 3.8) is 0 Å². The van der Waals surface area contributed by atoms with E-state index in [-0.39, 0.29) is 11.4 Å². The highest BCUT2D eigenvalue weighted by Gasteiger charge is 2.51. The van der Waals surface area contributed by atoms with Crippen molar-refractivity contribution >= 4 is 5.97 Å². The lowest BCUT2D eigenvalue weighted by atomic mass is 10.0. The molecule has 0 N–H and O–H groups in total. The molecule has 0 radical (unpaired) electrons. The van der Waals surface area contributed by atoms with Crippen molar-refractivity contribution in [2.45, 2.75) is 32.1 Å². The second-order valence-corrected chi connectivity index (χ2v) is 4.61. The lowest BCUT2D eigenvalue weighted by Gasteiger charge is -2.29. The van der Waals surface area contributed by atoms with E-state index >= 15 is 0 Å². The molecular formula is C11H19NO2. The van der Waals surface area contributed by atoms with Crippen LogP contribution in [0, 0.1) is 5.41 Å². The van der Waals surface area contributed by atoms with Crippen LogP contribution in [0.4, 0.5) is 0 Å². The summed E-state index contributed by atoms with van der Waals surface area (Å²) < 4.78 is 4.85. The Labute approximate surface area is 85.4 Å². The Balaban J connectivity index is 1.86. The molecule has 0 aromatic heterocycles. The van der Waals surface area contributed by atoms with Gasteiger partial charge in [0.15, 0.2) is 0 Å². The summed E-state index contributed by atoms with van der Waals surface area (Å²) in [4.78, 5) is 13.9. The molecule has 0 aromatic carbocycles. The van der Waals surface area contributed by atoms with E-state index in [1.807, 2.05) is 0 Å². The van der Waals surface area contributed by atoms with Crippen LogP contribution < -0.4 is 0 Å². The van der Waals surface area contributed by atoms with E-state index in [0.29, 0.717) is 0 Å². The van der Waals surface area contributed by atoms with Crippen molar-refractivity contribution in [2.75, 3.05) is 26.7 Å². The second-order valence-electron chi connectivity index (χ2n) is 4.61. The molecule has 1 aliphatic carbocycles. The Hall–Kier alpha value is -0.570. The summed E-state index contributed by atoms with van der Waals surface area (Å²) in [5.41, 5.74) is -0.119. The molecule has 0 spiro atoms. The van der Waals surface area contributed by atoms with Crippen LogP contribution in [0.3, 0.4) is 0 Å². The van der Waals surface area contributed by atoms with E-state index in [1.165, 1.54) is 39.5 Å². The largest absolute Gasteiger partial charge is 0.469 e. The zero-order valence-corrected chi connectivity index (χ0v) is 8.92. The van der Waals surface area contributed by atoms with Gasteiger partial charge in [-0.2, -0.15) is 0 Å². The maximum Gasteiger partial charge on any atom is 0.313 e. The number of nitrogens with zero attached hydrogens (tertiary/aromatic N) is 1. The third kappa shape index (κ3) is 1.92. The van der Waals surface area contributed by atoms with E-state index < -0.39 is 0 Å². The van der Waals surface area contributed by atoms with E-state index in [4.69, 9.17) is 4.74 Å². The lowest BCUT2D eigenvalue weighted by molar-refractivity contribution is -0.148. The number of piperidine rings is 1. The van der Waals surface area contributed by atoms with Gasteiger partial charge in [0.25, 0.3) is 0 Å². The maximum atomic E-state index is 11.5. The Morgan fingerprint density at radius 1 is 1.29 bits per heavy atom. The average Bonchev–Trinajstić information content (AvgIpc) is 2.99. The molecule has 1 aliphatic heterocycles. The van der Waals surface area contributed by atoms with Gasteiger partial charge in [-0.3, -0.25) is 4.79 Å². The van der Waals surface area contributed by atoms with E-state index in [9.17, 15) is 4.79 Å². The van der Waals surface area contributed by atoms with E-state index in [2.05, 4.69) is 4.90 Å². The fourth-order valence-corrected chi connectivity index (χ4v) is 2.34. The molecule has 2 aliphatic rings. The van der Waals surface area contributed by atoms with Gasteiger partial charge in [-0.05, 0) is 38.8 Å². The molecule has 2 fully saturated rings. The molecule has 80 valence electrons. The molecule has 0 amide bonds. The molecule has 3 nitrogen and oxygen atoms in total. The fourth-order valence-electron chi connectivity index (χ4n) is 2.34. The first-order valence-corrected chi connectivity index (χ1v) is 5.58. The topological polar surface area (TPSA) is 29.5 Å². The van der Waals surface area contributed by atoms with Crippen molar-refractivity contribution in [3.8, 4) is 0 Å². The normalized spacial score (nSPS) is 25.8. The number of hydrogen-bond acceptors (Lipinski definition) is 3. The Morgan fingerprint density at radius 2 is 1.93 bits per heavy atom. The van der Waals surface area contributed by atoms with Crippen molar-refractivity contribution in [2.24, 2.45) is 5.41 Å². The number of likely N-dealkylation sites (tertiary alicyclic amines) is 1. The highest BCUT2D eigenvalue weighted by atomic mass is 16.5. The van der Waals surface area contributed by atoms with Crippen LogP contribution in [0.15, 0.2) is 0 Å². The van der Waals surface area contributed by atoms with Crippen LogP contribution >= 0.6 is 0 Å². The number of carbonyl (C=O) groups excluding carboxylic acids is 1. The van der Waals surface area contributed by atoms with Gasteiger partial charge >= 0.3 is 5.97 Å². The monoisotopic (exact) mass is 197 g/mol. The SMILES string of the molecule is COC(=O)C1(CN2CCCCC2)CC1. The molecule has 3 heteroatoms. The van der Waals surface area contributed by atoms with Gasteiger partial charge in [0.2, 0.25) is 0 Å². The standard InChI is InChI=1S/C11H19NO2/c1-14-10(13)11(5-6-11)9-12-7-3-2-4-8-12/h2-9H2,1H3. The van der Waals surface area contributed by atoms with E-state index in [1.54, 1.807) is 0 Å². The molecule has 1 saturated heterocycles. The minimum Gasteiger partial charge on any atom is -0.469 e. The van der Waals surface area contributed by atoms with Crippen LogP contribution in [-0.2, 0) is 9.53 Å². The van der Waals surface area contributed by atoms with E-state index in [0.717, 1.165) is 19.4 Å². The van der Waals surface area contributed by atoms with Crippen molar-refractivity contribution in [1.82, 2.24) is 4.90 Å². The average molecular weight is 197 g/mol. The maximum absolute atomic E-state index is 11.5. The molecule has 1 saturated carbocycles. The van der Waals surface area contributed by atoms with Gasteiger partial charge in [-0.1, -0.05) is 6.42 Å². The summed E-state index contributed by atoms with van der Waals surface area (Å²) >= 11 is 0. The number of carbonyl (C=O) groups is 1. The molecule has 0 aromatic rings. The predicted molar refractivity (Wildman–Crippen MR) is 54.0 cm³/mol. The van der Waals surface area contributed by atoms with Crippen LogP contribution in [0.2, 0.25) is 0 Å². The Kier molecular flexibility index (Phi) is 2.77. The van der Waals surface area contributed by atoms with Crippen molar-refractivity contribution in [1.29, 1.82) is 0 Å². The summed E-state index contributed by atoms with van der Waals surface area (Å²) in [6.07, 6.45) is 5.97. The van der Waals surface area contributed by atoms with Crippen molar-refractivity contribution in [3.05, 3.63) is 0 Å². The van der Waals surface area contributed by atoms with Gasteiger partial charge in [0.1, 0.15) is 0 Å². The summed E-state index contributed by atoms with van der Waals surface area (Å²) in [6.45, 7) is 3.26. The first kappa shape index (κ1) is 9.97. The number of rotatable bonds is 3. The molecule has 2 rings (SSSR count). The minimum absolute atomic E-state index is 0.00285. The number of hydrogen-bond donors (Lipinski definition) is 0. The highest BCUT2D eigenvalue weighted by molar-refractivity contribution is 5.80. The lowest BCUT2D eigenvalue weighted by Crippen LogP contribution is -2.38. The molecule has 0 unspecified atom stereocenters. The van der Waals surface area contributed by atoms with Crippen molar-refractivity contribution < 1.29 is 9.53 Å². The van der Waals surface area contributed by atoms with Gasteiger partial charge in [0, 0.05) is 6.54 Å². The van der Waals surface area contributed by atoms with Crippen LogP contribution in [-0.4, -0.2) is 37.6 Å². The molecule has 0 bridgehead atoms. The Bertz CT molecular complexity index is 217. The van der Waals surface area contributed by atoms with Gasteiger partial charge < -0.3 is 9.64 Å². The van der Waals surface area contributed by atoms with Crippen LogP contribution in [0.5, 0.6) is 0 Å². The third-order valence-electron chi connectivity index (χ3n) is 3.45. The first-order valence-electron chi connectivity index (χ1n) is 5.58. The summed E-state index contributed by atoms with van der Waals surface area (Å²) in [7, 11) is 1.50. The Morgan fingerprint density at radius 3 is 2.43 bits per heavy atom. The highest BCUT2D eigenvalue weighted by Crippen LogP contribution is 2.47. The summed E-state index contributed by atoms with van der Waals surface area (Å²) in [5, 5.41) is 0. The third-order valence-corrected chi connectivity index (χ3v) is 3.45. The van der Waals surface area contributed by atoms with Crippen LogP contribution in [0.25, 0.3) is 0 Å². The van der Waals surface area contributed by atoms with Gasteiger partial charge in [-0.15, -0.1) is 0 Å². The van der Waals surface area contributed by atoms with Crippen LogP contribution in [0.1, 0.15) is 32.1 Å². The molecular weight excluding hydrogens is 178 g/mol. The summed E-state index contributed by atoms with van der Waals surface area (Å²) in [5.74, 6) is 0.00285. The molecule has 14 heavy (non-hydrogen) atoms. The van der Waals surface area contributed by atoms with Gasteiger partial charge in [-0.25, -0.2) is 0 Å².